The standard InChI is InChI=1S/C7H13N2O/c1-2-3-7-6-9(10)5-4-8-7/h2,7,10H,1,3-6H2. The van der Waals surface area contributed by atoms with Gasteiger partial charge < -0.3 is 5.21 Å². The molecule has 0 aromatic heterocycles. The number of hydroxylamine groups is 2. The van der Waals surface area contributed by atoms with E-state index in [0.717, 1.165) is 13.0 Å². The Balaban J connectivity index is 2.24. The van der Waals surface area contributed by atoms with E-state index >= 15 is 0 Å². The molecule has 0 spiro atoms. The lowest BCUT2D eigenvalue weighted by molar-refractivity contribution is -0.108. The van der Waals surface area contributed by atoms with Gasteiger partial charge in [0.1, 0.15) is 0 Å². The molecule has 1 unspecified atom stereocenters. The van der Waals surface area contributed by atoms with Gasteiger partial charge in [-0.15, -0.1) is 6.58 Å². The SMILES string of the molecule is C=CCC1CN(O)CC[N]1. The summed E-state index contributed by atoms with van der Waals surface area (Å²) in [4.78, 5) is 0. The third-order valence-electron chi connectivity index (χ3n) is 1.61. The highest BCUT2D eigenvalue weighted by atomic mass is 16.5. The molecular weight excluding hydrogens is 128 g/mol. The van der Waals surface area contributed by atoms with Crippen molar-refractivity contribution in [3.63, 3.8) is 0 Å². The van der Waals surface area contributed by atoms with Crippen LogP contribution in [0.4, 0.5) is 0 Å². The van der Waals surface area contributed by atoms with Crippen LogP contribution >= 0.6 is 0 Å². The van der Waals surface area contributed by atoms with Crippen molar-refractivity contribution in [1.82, 2.24) is 10.4 Å². The molecule has 0 aliphatic carbocycles. The summed E-state index contributed by atoms with van der Waals surface area (Å²) in [7, 11) is 0. The molecule has 0 bridgehead atoms. The van der Waals surface area contributed by atoms with Gasteiger partial charge in [0.25, 0.3) is 0 Å². The molecule has 0 amide bonds. The van der Waals surface area contributed by atoms with E-state index in [0.29, 0.717) is 13.1 Å². The van der Waals surface area contributed by atoms with E-state index in [4.69, 9.17) is 5.21 Å². The molecule has 3 nitrogen and oxygen atoms in total. The lowest BCUT2D eigenvalue weighted by Gasteiger charge is -2.26. The fraction of sp³-hybridized carbons (Fsp3) is 0.714. The van der Waals surface area contributed by atoms with Crippen molar-refractivity contribution >= 4 is 0 Å². The fourth-order valence-corrected chi connectivity index (χ4v) is 1.09. The van der Waals surface area contributed by atoms with Crippen LogP contribution in [0.5, 0.6) is 0 Å². The van der Waals surface area contributed by atoms with Crippen LogP contribution < -0.4 is 5.32 Å². The first-order valence-corrected chi connectivity index (χ1v) is 3.54. The first-order chi connectivity index (χ1) is 4.83. The molecule has 57 valence electrons. The number of hydrogen-bond donors (Lipinski definition) is 1. The van der Waals surface area contributed by atoms with Crippen molar-refractivity contribution in [1.29, 1.82) is 0 Å². The van der Waals surface area contributed by atoms with Crippen molar-refractivity contribution in [2.45, 2.75) is 12.5 Å². The second-order valence-electron chi connectivity index (χ2n) is 2.50. The number of rotatable bonds is 2. The lowest BCUT2D eigenvalue weighted by atomic mass is 10.2. The smallest absolute Gasteiger partial charge is 0.0431 e. The monoisotopic (exact) mass is 141 g/mol. The Morgan fingerprint density at radius 3 is 3.20 bits per heavy atom. The van der Waals surface area contributed by atoms with Gasteiger partial charge in [-0.25, -0.2) is 5.32 Å². The molecule has 1 heterocycles. The van der Waals surface area contributed by atoms with E-state index in [-0.39, 0.29) is 6.04 Å². The van der Waals surface area contributed by atoms with Crippen molar-refractivity contribution in [2.75, 3.05) is 19.6 Å². The first kappa shape index (κ1) is 7.72. The Labute approximate surface area is 61.3 Å². The summed E-state index contributed by atoms with van der Waals surface area (Å²) < 4.78 is 0. The molecule has 1 fully saturated rings. The van der Waals surface area contributed by atoms with E-state index in [1.165, 1.54) is 5.06 Å². The van der Waals surface area contributed by atoms with Crippen LogP contribution in [0.15, 0.2) is 12.7 Å². The van der Waals surface area contributed by atoms with Gasteiger partial charge in [-0.3, -0.25) is 0 Å². The highest BCUT2D eigenvalue weighted by Gasteiger charge is 2.16. The average Bonchev–Trinajstić information content (AvgIpc) is 1.88. The van der Waals surface area contributed by atoms with Crippen LogP contribution in [-0.2, 0) is 0 Å². The zero-order chi connectivity index (χ0) is 7.40. The van der Waals surface area contributed by atoms with Gasteiger partial charge in [0, 0.05) is 25.7 Å². The lowest BCUT2D eigenvalue weighted by Crippen LogP contribution is -2.45. The Hall–Kier alpha value is -0.380. The van der Waals surface area contributed by atoms with Gasteiger partial charge in [-0.2, -0.15) is 5.06 Å². The Morgan fingerprint density at radius 1 is 1.80 bits per heavy atom. The normalized spacial score (nSPS) is 28.3. The molecule has 0 aromatic rings. The van der Waals surface area contributed by atoms with Crippen molar-refractivity contribution in [3.8, 4) is 0 Å². The van der Waals surface area contributed by atoms with Crippen molar-refractivity contribution in [3.05, 3.63) is 12.7 Å². The minimum atomic E-state index is 0.260. The van der Waals surface area contributed by atoms with Crippen LogP contribution in [0.1, 0.15) is 6.42 Å². The maximum atomic E-state index is 9.05. The van der Waals surface area contributed by atoms with Crippen LogP contribution in [0, 0.1) is 0 Å². The van der Waals surface area contributed by atoms with E-state index in [1.54, 1.807) is 0 Å². The molecular formula is C7H13N2O. The largest absolute Gasteiger partial charge is 0.314 e. The quantitative estimate of drug-likeness (QED) is 0.559. The maximum Gasteiger partial charge on any atom is 0.0431 e. The van der Waals surface area contributed by atoms with E-state index in [2.05, 4.69) is 11.9 Å². The van der Waals surface area contributed by atoms with Crippen molar-refractivity contribution < 1.29 is 5.21 Å². The molecule has 1 radical (unpaired) electrons. The van der Waals surface area contributed by atoms with Gasteiger partial charge in [-0.05, 0) is 6.42 Å². The van der Waals surface area contributed by atoms with E-state index in [1.807, 2.05) is 6.08 Å². The van der Waals surface area contributed by atoms with E-state index < -0.39 is 0 Å². The zero-order valence-corrected chi connectivity index (χ0v) is 6.03. The third-order valence-corrected chi connectivity index (χ3v) is 1.61. The fourth-order valence-electron chi connectivity index (χ4n) is 1.09. The number of hydrogen-bond acceptors (Lipinski definition) is 2. The predicted octanol–water partition coefficient (Wildman–Crippen LogP) is 0.240. The van der Waals surface area contributed by atoms with Crippen LogP contribution in [0.25, 0.3) is 0 Å². The average molecular weight is 141 g/mol. The summed E-state index contributed by atoms with van der Waals surface area (Å²) in [6, 6.07) is 0.260. The molecule has 1 rings (SSSR count). The zero-order valence-electron chi connectivity index (χ0n) is 6.03. The van der Waals surface area contributed by atoms with Crippen LogP contribution in [-0.4, -0.2) is 35.9 Å². The second kappa shape index (κ2) is 3.71. The van der Waals surface area contributed by atoms with Crippen LogP contribution in [0.3, 0.4) is 0 Å². The minimum absolute atomic E-state index is 0.260. The molecule has 0 saturated carbocycles. The van der Waals surface area contributed by atoms with Gasteiger partial charge in [0.15, 0.2) is 0 Å². The highest BCUT2D eigenvalue weighted by Crippen LogP contribution is 2.01. The summed E-state index contributed by atoms with van der Waals surface area (Å²) in [5.74, 6) is 0. The Bertz CT molecular complexity index is 116. The summed E-state index contributed by atoms with van der Waals surface area (Å²) in [6.45, 7) is 5.70. The molecule has 10 heavy (non-hydrogen) atoms. The Morgan fingerprint density at radius 2 is 2.60 bits per heavy atom. The predicted molar refractivity (Wildman–Crippen MR) is 39.0 cm³/mol. The van der Waals surface area contributed by atoms with Crippen molar-refractivity contribution in [2.24, 2.45) is 0 Å². The third kappa shape index (κ3) is 2.10. The molecule has 1 aliphatic heterocycles. The van der Waals surface area contributed by atoms with E-state index in [9.17, 15) is 0 Å². The van der Waals surface area contributed by atoms with Crippen LogP contribution in [0.2, 0.25) is 0 Å². The second-order valence-corrected chi connectivity index (χ2v) is 2.50. The van der Waals surface area contributed by atoms with Gasteiger partial charge in [-0.1, -0.05) is 6.08 Å². The molecule has 1 saturated heterocycles. The summed E-state index contributed by atoms with van der Waals surface area (Å²) in [6.07, 6.45) is 2.71. The summed E-state index contributed by atoms with van der Waals surface area (Å²) in [5, 5.41) is 14.7. The molecule has 1 N–H and O–H groups in total. The van der Waals surface area contributed by atoms with Gasteiger partial charge in [0.2, 0.25) is 0 Å². The topological polar surface area (TPSA) is 37.6 Å². The summed E-state index contributed by atoms with van der Waals surface area (Å²) in [5.41, 5.74) is 0. The van der Waals surface area contributed by atoms with Gasteiger partial charge >= 0.3 is 0 Å². The molecule has 0 aromatic carbocycles. The molecule has 1 aliphatic rings. The maximum absolute atomic E-state index is 9.05. The number of piperazine rings is 1. The molecule has 3 heteroatoms. The van der Waals surface area contributed by atoms with Gasteiger partial charge in [0.05, 0.1) is 0 Å². The minimum Gasteiger partial charge on any atom is -0.314 e. The summed E-state index contributed by atoms with van der Waals surface area (Å²) >= 11 is 0. The molecule has 1 atom stereocenters. The highest BCUT2D eigenvalue weighted by molar-refractivity contribution is 4.81. The number of nitrogens with zero attached hydrogens (tertiary/aromatic N) is 2. The first-order valence-electron chi connectivity index (χ1n) is 3.54. The Kier molecular flexibility index (Phi) is 2.86.